The van der Waals surface area contributed by atoms with Gasteiger partial charge in [-0.1, -0.05) is 12.1 Å². The van der Waals surface area contributed by atoms with Crippen LogP contribution < -0.4 is 15.0 Å². The number of anilines is 1. The second-order valence-corrected chi connectivity index (χ2v) is 5.18. The van der Waals surface area contributed by atoms with Gasteiger partial charge in [0.2, 0.25) is 5.91 Å². The third-order valence-electron chi connectivity index (χ3n) is 3.83. The van der Waals surface area contributed by atoms with Gasteiger partial charge in [-0.2, -0.15) is 0 Å². The number of piperazine rings is 1. The largest absolute Gasteiger partial charge is 0.482 e. The Morgan fingerprint density at radius 1 is 1.23 bits per heavy atom. The predicted molar refractivity (Wildman–Crippen MR) is 85.6 cm³/mol. The van der Waals surface area contributed by atoms with Crippen molar-refractivity contribution >= 4 is 29.9 Å². The standard InChI is InChI=1S/C15H19N3O3.ClH/c19-14(17-9-6-16-7-10-17)5-8-18-12-3-1-2-4-13(12)21-11-15(18)20;/h1-4,16H,5-11H2;1H. The minimum Gasteiger partial charge on any atom is -0.482 e. The number of nitrogens with zero attached hydrogens (tertiary/aromatic N) is 2. The molecule has 6 nitrogen and oxygen atoms in total. The number of rotatable bonds is 3. The highest BCUT2D eigenvalue weighted by Crippen LogP contribution is 2.31. The number of para-hydroxylation sites is 2. The number of fused-ring (bicyclic) bond motifs is 1. The number of ether oxygens (including phenoxy) is 1. The van der Waals surface area contributed by atoms with Gasteiger partial charge in [0.05, 0.1) is 5.69 Å². The molecule has 0 unspecified atom stereocenters. The molecule has 2 amide bonds. The van der Waals surface area contributed by atoms with Crippen LogP contribution in [0.4, 0.5) is 5.69 Å². The van der Waals surface area contributed by atoms with E-state index in [0.29, 0.717) is 18.7 Å². The molecule has 1 saturated heterocycles. The van der Waals surface area contributed by atoms with E-state index in [9.17, 15) is 9.59 Å². The van der Waals surface area contributed by atoms with Crippen molar-refractivity contribution in [2.75, 3.05) is 44.2 Å². The van der Waals surface area contributed by atoms with Crippen LogP contribution in [0.25, 0.3) is 0 Å². The first kappa shape index (κ1) is 16.6. The summed E-state index contributed by atoms with van der Waals surface area (Å²) in [5.74, 6) is 0.710. The molecule has 2 heterocycles. The fourth-order valence-corrected chi connectivity index (χ4v) is 2.68. The number of hydrogen-bond acceptors (Lipinski definition) is 4. The summed E-state index contributed by atoms with van der Waals surface area (Å²) in [6.07, 6.45) is 0.347. The zero-order valence-electron chi connectivity index (χ0n) is 12.3. The van der Waals surface area contributed by atoms with Gasteiger partial charge < -0.3 is 19.9 Å². The van der Waals surface area contributed by atoms with Crippen molar-refractivity contribution in [2.45, 2.75) is 6.42 Å². The Balaban J connectivity index is 0.00000176. The van der Waals surface area contributed by atoms with Crippen molar-refractivity contribution in [3.8, 4) is 5.75 Å². The van der Waals surface area contributed by atoms with Crippen LogP contribution in [0.3, 0.4) is 0 Å². The van der Waals surface area contributed by atoms with Gasteiger partial charge in [0.25, 0.3) is 5.91 Å². The fourth-order valence-electron chi connectivity index (χ4n) is 2.68. The van der Waals surface area contributed by atoms with Crippen molar-refractivity contribution in [1.29, 1.82) is 0 Å². The number of carbonyl (C=O) groups excluding carboxylic acids is 2. The number of nitrogens with one attached hydrogen (secondary N) is 1. The van der Waals surface area contributed by atoms with Gasteiger partial charge in [-0.3, -0.25) is 9.59 Å². The molecule has 0 spiro atoms. The number of amides is 2. The van der Waals surface area contributed by atoms with Gasteiger partial charge >= 0.3 is 0 Å². The van der Waals surface area contributed by atoms with Crippen LogP contribution in [0.15, 0.2) is 24.3 Å². The highest BCUT2D eigenvalue weighted by molar-refractivity contribution is 5.98. The summed E-state index contributed by atoms with van der Waals surface area (Å²) >= 11 is 0. The van der Waals surface area contributed by atoms with E-state index in [4.69, 9.17) is 4.74 Å². The minimum atomic E-state index is -0.0955. The molecule has 0 radical (unpaired) electrons. The molecule has 3 rings (SSSR count). The lowest BCUT2D eigenvalue weighted by Crippen LogP contribution is -2.47. The van der Waals surface area contributed by atoms with Crippen LogP contribution in [0.1, 0.15) is 6.42 Å². The summed E-state index contributed by atoms with van der Waals surface area (Å²) < 4.78 is 5.39. The molecule has 1 fully saturated rings. The summed E-state index contributed by atoms with van der Waals surface area (Å²) in [4.78, 5) is 27.7. The molecule has 1 aromatic carbocycles. The van der Waals surface area contributed by atoms with E-state index in [2.05, 4.69) is 5.32 Å². The Morgan fingerprint density at radius 3 is 2.73 bits per heavy atom. The maximum atomic E-state index is 12.2. The van der Waals surface area contributed by atoms with Crippen molar-refractivity contribution in [3.63, 3.8) is 0 Å². The second kappa shape index (κ2) is 7.47. The SMILES string of the molecule is Cl.O=C(CCN1C(=O)COc2ccccc21)N1CCNCC1. The predicted octanol–water partition coefficient (Wildman–Crippen LogP) is 0.656. The Kier molecular flexibility index (Phi) is 5.63. The number of carbonyl (C=O) groups is 2. The summed E-state index contributed by atoms with van der Waals surface area (Å²) in [6, 6.07) is 7.43. The lowest BCUT2D eigenvalue weighted by Gasteiger charge is -2.31. The third-order valence-corrected chi connectivity index (χ3v) is 3.83. The average Bonchev–Trinajstić information content (AvgIpc) is 2.54. The van der Waals surface area contributed by atoms with Crippen molar-refractivity contribution in [1.82, 2.24) is 10.2 Å². The third kappa shape index (κ3) is 3.51. The molecule has 2 aliphatic rings. The van der Waals surface area contributed by atoms with Crippen LogP contribution in [0.5, 0.6) is 5.75 Å². The van der Waals surface area contributed by atoms with E-state index in [1.54, 1.807) is 4.90 Å². The van der Waals surface area contributed by atoms with Crippen molar-refractivity contribution in [2.24, 2.45) is 0 Å². The van der Waals surface area contributed by atoms with E-state index in [0.717, 1.165) is 31.9 Å². The van der Waals surface area contributed by atoms with Gasteiger partial charge in [-0.05, 0) is 12.1 Å². The quantitative estimate of drug-likeness (QED) is 0.886. The molecule has 1 aromatic rings. The van der Waals surface area contributed by atoms with E-state index < -0.39 is 0 Å². The van der Waals surface area contributed by atoms with E-state index in [1.807, 2.05) is 29.2 Å². The zero-order valence-corrected chi connectivity index (χ0v) is 13.1. The maximum Gasteiger partial charge on any atom is 0.265 e. The van der Waals surface area contributed by atoms with Crippen molar-refractivity contribution < 1.29 is 14.3 Å². The van der Waals surface area contributed by atoms with Crippen molar-refractivity contribution in [3.05, 3.63) is 24.3 Å². The first-order valence-corrected chi connectivity index (χ1v) is 7.26. The molecule has 2 aliphatic heterocycles. The monoisotopic (exact) mass is 325 g/mol. The minimum absolute atomic E-state index is 0. The number of halogens is 1. The van der Waals surface area contributed by atoms with Gasteiger partial charge in [0.1, 0.15) is 5.75 Å². The van der Waals surface area contributed by atoms with E-state index >= 15 is 0 Å². The molecule has 0 atom stereocenters. The zero-order chi connectivity index (χ0) is 14.7. The maximum absolute atomic E-state index is 12.2. The first-order valence-electron chi connectivity index (χ1n) is 7.26. The summed E-state index contributed by atoms with van der Waals surface area (Å²) in [5.41, 5.74) is 0.752. The average molecular weight is 326 g/mol. The van der Waals surface area contributed by atoms with Crippen LogP contribution >= 0.6 is 12.4 Å². The van der Waals surface area contributed by atoms with E-state index in [1.165, 1.54) is 0 Å². The molecule has 1 N–H and O–H groups in total. The Hall–Kier alpha value is -1.79. The second-order valence-electron chi connectivity index (χ2n) is 5.18. The summed E-state index contributed by atoms with van der Waals surface area (Å²) in [7, 11) is 0. The van der Waals surface area contributed by atoms with Gasteiger partial charge in [-0.25, -0.2) is 0 Å². The molecule has 0 aromatic heterocycles. The van der Waals surface area contributed by atoms with Crippen LogP contribution in [-0.2, 0) is 9.59 Å². The molecule has 0 saturated carbocycles. The first-order chi connectivity index (χ1) is 10.3. The van der Waals surface area contributed by atoms with Crippen LogP contribution in [-0.4, -0.2) is 56.0 Å². The lowest BCUT2D eigenvalue weighted by atomic mass is 10.2. The summed E-state index contributed by atoms with van der Waals surface area (Å²) in [6.45, 7) is 3.61. The smallest absolute Gasteiger partial charge is 0.265 e. The Labute approximate surface area is 135 Å². The number of hydrogen-bond donors (Lipinski definition) is 1. The van der Waals surface area contributed by atoms with E-state index in [-0.39, 0.29) is 30.8 Å². The molecule has 0 aliphatic carbocycles. The molecular weight excluding hydrogens is 306 g/mol. The normalized spacial score (nSPS) is 17.4. The Bertz CT molecular complexity index is 547. The van der Waals surface area contributed by atoms with Crippen LogP contribution in [0, 0.1) is 0 Å². The topological polar surface area (TPSA) is 61.9 Å². The van der Waals surface area contributed by atoms with Gasteiger partial charge in [0.15, 0.2) is 6.61 Å². The number of benzene rings is 1. The summed E-state index contributed by atoms with van der Waals surface area (Å²) in [5, 5.41) is 3.22. The van der Waals surface area contributed by atoms with Gasteiger partial charge in [-0.15, -0.1) is 12.4 Å². The van der Waals surface area contributed by atoms with Crippen LogP contribution in [0.2, 0.25) is 0 Å². The highest BCUT2D eigenvalue weighted by atomic mass is 35.5. The lowest BCUT2D eigenvalue weighted by molar-refractivity contribution is -0.131. The molecule has 22 heavy (non-hydrogen) atoms. The Morgan fingerprint density at radius 2 is 1.95 bits per heavy atom. The fraction of sp³-hybridized carbons (Fsp3) is 0.467. The highest BCUT2D eigenvalue weighted by Gasteiger charge is 2.26. The molecule has 7 heteroatoms. The van der Waals surface area contributed by atoms with Gasteiger partial charge in [0, 0.05) is 39.1 Å². The molecular formula is C15H20ClN3O3. The molecule has 0 bridgehead atoms. The molecule has 120 valence electrons.